The summed E-state index contributed by atoms with van der Waals surface area (Å²) < 4.78 is 11.5. The molecule has 0 heterocycles. The van der Waals surface area contributed by atoms with E-state index in [1.54, 1.807) is 8.83 Å². The average Bonchev–Trinajstić information content (AvgIpc) is 2.98. The molecule has 0 spiro atoms. The van der Waals surface area contributed by atoms with Gasteiger partial charge >= 0.3 is 169 Å². The first kappa shape index (κ1) is 17.2. The van der Waals surface area contributed by atoms with Gasteiger partial charge in [0.2, 0.25) is 0 Å². The van der Waals surface area contributed by atoms with Crippen LogP contribution in [0.3, 0.4) is 0 Å². The van der Waals surface area contributed by atoms with Crippen LogP contribution in [0, 0.1) is 17.8 Å². The van der Waals surface area contributed by atoms with Crippen molar-refractivity contribution < 1.29 is 20.6 Å². The van der Waals surface area contributed by atoms with Gasteiger partial charge in [0.15, 0.2) is 0 Å². The number of hydrogen-bond acceptors (Lipinski definition) is 1. The summed E-state index contributed by atoms with van der Waals surface area (Å²) in [7, 11) is 0. The monoisotopic (exact) mass is 435 g/mol. The molecule has 0 amide bonds. The molecule has 0 radical (unpaired) electrons. The van der Waals surface area contributed by atoms with Crippen molar-refractivity contribution in [2.75, 3.05) is 0 Å². The van der Waals surface area contributed by atoms with Crippen molar-refractivity contribution in [3.05, 3.63) is 53.6 Å². The fourth-order valence-corrected chi connectivity index (χ4v) is 15.7. The molecule has 0 atom stereocenters. The van der Waals surface area contributed by atoms with Crippen molar-refractivity contribution in [3.63, 3.8) is 0 Å². The summed E-state index contributed by atoms with van der Waals surface area (Å²) in [5, 5.41) is 0. The van der Waals surface area contributed by atoms with E-state index in [1.807, 2.05) is 0 Å². The second-order valence-electron chi connectivity index (χ2n) is 10.6. The summed E-state index contributed by atoms with van der Waals surface area (Å²) in [6.45, 7) is 0. The van der Waals surface area contributed by atoms with Crippen LogP contribution in [-0.4, -0.2) is 5.54 Å². The van der Waals surface area contributed by atoms with Crippen LogP contribution in [0.25, 0.3) is 11.1 Å². The summed E-state index contributed by atoms with van der Waals surface area (Å²) in [5.74, 6) is 3.07. The van der Waals surface area contributed by atoms with E-state index in [9.17, 15) is 0 Å². The van der Waals surface area contributed by atoms with Gasteiger partial charge in [0.25, 0.3) is 0 Å². The Bertz CT molecular complexity index is 877. The zero-order valence-corrected chi connectivity index (χ0v) is 19.2. The van der Waals surface area contributed by atoms with Crippen LogP contribution in [0.5, 0.6) is 0 Å². The van der Waals surface area contributed by atoms with E-state index in [0.29, 0.717) is 5.54 Å². The molecule has 4 fully saturated rings. The Hall–Kier alpha value is -0.717. The maximum absolute atomic E-state index is 4.48. The number of nitrogens with one attached hydrogen (secondary N) is 1. The normalized spacial score (nSPS) is 33.2. The zero-order chi connectivity index (χ0) is 18.2. The molecule has 4 bridgehead atoms. The Labute approximate surface area is 168 Å². The number of benzene rings is 2. The minimum absolute atomic E-state index is 0.489. The summed E-state index contributed by atoms with van der Waals surface area (Å²) in [5.41, 5.74) is 6.66. The van der Waals surface area contributed by atoms with Gasteiger partial charge in [-0.05, 0) is 0 Å². The number of hydrogen-bond donors (Lipinski definition) is 1. The Balaban J connectivity index is 1.36. The van der Waals surface area contributed by atoms with Crippen molar-refractivity contribution in [1.82, 2.24) is 3.26 Å². The van der Waals surface area contributed by atoms with Crippen molar-refractivity contribution in [3.8, 4) is 11.1 Å². The minimum atomic E-state index is -2.60. The molecule has 7 rings (SSSR count). The van der Waals surface area contributed by atoms with Crippen LogP contribution in [0.1, 0.15) is 49.7 Å². The molecule has 5 aliphatic rings. The third-order valence-electron chi connectivity index (χ3n) is 8.14. The van der Waals surface area contributed by atoms with Gasteiger partial charge in [0, 0.05) is 0 Å². The predicted octanol–water partition coefficient (Wildman–Crippen LogP) is 5.61. The molecule has 2 aromatic carbocycles. The summed E-state index contributed by atoms with van der Waals surface area (Å²) >= 11 is -2.60. The van der Waals surface area contributed by atoms with Gasteiger partial charge in [-0.2, -0.15) is 0 Å². The van der Waals surface area contributed by atoms with E-state index in [-0.39, 0.29) is 0 Å². The average molecular weight is 437 g/mol. The molecular weight excluding hydrogens is 406 g/mol. The number of rotatable bonds is 3. The summed E-state index contributed by atoms with van der Waals surface area (Å²) in [6, 6.07) is 16.2. The van der Waals surface area contributed by atoms with Crippen molar-refractivity contribution >= 4 is 3.27 Å². The summed E-state index contributed by atoms with van der Waals surface area (Å²) in [6.07, 6.45) is 10.1. The third kappa shape index (κ3) is 2.70. The van der Waals surface area contributed by atoms with E-state index in [0.717, 1.165) is 24.2 Å². The van der Waals surface area contributed by atoms with Gasteiger partial charge in [-0.25, -0.2) is 0 Å². The molecule has 0 aromatic heterocycles. The number of fused-ring (bicyclic) bond motifs is 3. The SMILES string of the molecule is [CH3][Zr]([CH3])([NH]C12CC3CC(CC(C3)C1)C2)[c]1cccc2c1Cc1ccccc1-2. The molecule has 0 aliphatic heterocycles. The first-order chi connectivity index (χ1) is 13.0. The van der Waals surface area contributed by atoms with Crippen LogP contribution < -0.4 is 6.53 Å². The van der Waals surface area contributed by atoms with Gasteiger partial charge in [-0.1, -0.05) is 0 Å². The molecule has 2 heteroatoms. The topological polar surface area (TPSA) is 12.0 Å². The van der Waals surface area contributed by atoms with Crippen LogP contribution in [0.4, 0.5) is 0 Å². The van der Waals surface area contributed by atoms with Gasteiger partial charge in [0.05, 0.1) is 0 Å². The molecule has 0 unspecified atom stereocenters. The van der Waals surface area contributed by atoms with Gasteiger partial charge in [-0.3, -0.25) is 0 Å². The van der Waals surface area contributed by atoms with E-state index < -0.39 is 20.6 Å². The van der Waals surface area contributed by atoms with Gasteiger partial charge in [-0.15, -0.1) is 0 Å². The molecule has 0 saturated heterocycles. The molecule has 4 saturated carbocycles. The molecule has 140 valence electrons. The van der Waals surface area contributed by atoms with Crippen LogP contribution >= 0.6 is 0 Å². The Kier molecular flexibility index (Phi) is 3.75. The van der Waals surface area contributed by atoms with Crippen LogP contribution in [0.2, 0.25) is 9.26 Å². The first-order valence-corrected chi connectivity index (χ1v) is 18.4. The molecule has 2 aromatic rings. The van der Waals surface area contributed by atoms with E-state index >= 15 is 0 Å². The molecule has 1 N–H and O–H groups in total. The zero-order valence-electron chi connectivity index (χ0n) is 16.7. The molecule has 27 heavy (non-hydrogen) atoms. The van der Waals surface area contributed by atoms with Gasteiger partial charge < -0.3 is 0 Å². The third-order valence-corrected chi connectivity index (χ3v) is 15.4. The molecular formula is C25H31NZr. The predicted molar refractivity (Wildman–Crippen MR) is 110 cm³/mol. The van der Waals surface area contributed by atoms with Crippen molar-refractivity contribution in [2.24, 2.45) is 17.8 Å². The van der Waals surface area contributed by atoms with Crippen LogP contribution in [0.15, 0.2) is 42.5 Å². The first-order valence-electron chi connectivity index (χ1n) is 11.0. The fraction of sp³-hybridized carbons (Fsp3) is 0.520. The summed E-state index contributed by atoms with van der Waals surface area (Å²) in [4.78, 5) is 0. The van der Waals surface area contributed by atoms with Crippen molar-refractivity contribution in [1.29, 1.82) is 0 Å². The Morgan fingerprint density at radius 2 is 1.44 bits per heavy atom. The Morgan fingerprint density at radius 3 is 2.15 bits per heavy atom. The standard InChI is InChI=1S/C13H9.C10H16N.2CH3.Zr/c1-3-7-12-10(5-1)9-11-6-2-4-8-13(11)12;11-10-4-7-1-8(5-10)3-9(2-7)6-10;;;/h1-5,7-8H,9H2;7-9,11H,1-6H2;2*1H3;/q;-1;;;+1. The Morgan fingerprint density at radius 1 is 0.815 bits per heavy atom. The molecule has 5 aliphatic carbocycles. The maximum atomic E-state index is 4.48. The van der Waals surface area contributed by atoms with Crippen LogP contribution in [-0.2, 0) is 27.0 Å². The van der Waals surface area contributed by atoms with Gasteiger partial charge in [0.1, 0.15) is 0 Å². The van der Waals surface area contributed by atoms with E-state index in [2.05, 4.69) is 55.0 Å². The van der Waals surface area contributed by atoms with E-state index in [4.69, 9.17) is 0 Å². The second kappa shape index (κ2) is 5.90. The quantitative estimate of drug-likeness (QED) is 0.563. The van der Waals surface area contributed by atoms with Crippen molar-refractivity contribution in [2.45, 2.75) is 59.7 Å². The fourth-order valence-electron chi connectivity index (χ4n) is 7.74. The molecule has 1 nitrogen and oxygen atoms in total. The second-order valence-corrected chi connectivity index (χ2v) is 20.5. The van der Waals surface area contributed by atoms with E-state index in [1.165, 1.54) is 55.2 Å².